The molecule has 8 aliphatic carbocycles. The molecule has 8 saturated carbocycles. The van der Waals surface area contributed by atoms with Crippen LogP contribution in [0.5, 0.6) is 0 Å². The van der Waals surface area contributed by atoms with E-state index in [1.54, 1.807) is 14.2 Å². The van der Waals surface area contributed by atoms with E-state index in [9.17, 15) is 9.59 Å². The van der Waals surface area contributed by atoms with E-state index >= 15 is 0 Å². The highest BCUT2D eigenvalue weighted by molar-refractivity contribution is 7.42. The molecule has 0 N–H and O–H groups in total. The summed E-state index contributed by atoms with van der Waals surface area (Å²) >= 11 is 0. The Labute approximate surface area is 441 Å². The first kappa shape index (κ1) is 57.7. The molecular weight excluding hydrogens is 943 g/mol. The van der Waals surface area contributed by atoms with E-state index in [-0.39, 0.29) is 60.0 Å². The van der Waals surface area contributed by atoms with Crippen molar-refractivity contribution in [2.24, 2.45) is 94.7 Å². The van der Waals surface area contributed by atoms with Gasteiger partial charge in [0.2, 0.25) is 0 Å². The van der Waals surface area contributed by atoms with Crippen molar-refractivity contribution in [3.8, 4) is 0 Å². The molecule has 72 heavy (non-hydrogen) atoms. The molecule has 12 heteroatoms. The molecule has 414 valence electrons. The molecule has 18 unspecified atom stereocenters. The summed E-state index contributed by atoms with van der Waals surface area (Å²) in [5.74, 6) is 3.27. The largest absolute Gasteiger partial charge is 0.469 e. The molecule has 0 aromatic carbocycles. The van der Waals surface area contributed by atoms with E-state index in [0.717, 1.165) is 141 Å². The second-order valence-corrected chi connectivity index (χ2v) is 28.4. The van der Waals surface area contributed by atoms with Gasteiger partial charge in [0.1, 0.15) is 0 Å². The van der Waals surface area contributed by atoms with E-state index in [1.807, 2.05) is 0 Å². The van der Waals surface area contributed by atoms with Crippen LogP contribution in [0.4, 0.5) is 0 Å². The Kier molecular flexibility index (Phi) is 22.0. The topological polar surface area (TPSA) is 108 Å². The van der Waals surface area contributed by atoms with E-state index in [0.29, 0.717) is 59.2 Å². The first-order valence-electron chi connectivity index (χ1n) is 30.5. The quantitative estimate of drug-likeness (QED) is 0.0917. The lowest BCUT2D eigenvalue weighted by atomic mass is 9.50. The average Bonchev–Trinajstić information content (AvgIpc) is 3.38. The van der Waals surface area contributed by atoms with Crippen LogP contribution in [0.3, 0.4) is 0 Å². The van der Waals surface area contributed by atoms with Crippen LogP contribution < -0.4 is 0 Å². The van der Waals surface area contributed by atoms with Crippen molar-refractivity contribution in [3.05, 3.63) is 0 Å². The number of ether oxygens (including phenoxy) is 2. The number of methoxy groups -OCH3 is 2. The molecule has 0 aromatic rings. The fourth-order valence-electron chi connectivity index (χ4n) is 16.9. The van der Waals surface area contributed by atoms with E-state index in [2.05, 4.69) is 55.4 Å². The number of hydrogen-bond donors (Lipinski definition) is 0. The Morgan fingerprint density at radius 1 is 0.361 bits per heavy atom. The number of fused-ring (bicyclic) bond motifs is 2. The van der Waals surface area contributed by atoms with Gasteiger partial charge in [-0.1, -0.05) is 145 Å². The van der Waals surface area contributed by atoms with Crippen molar-refractivity contribution in [1.82, 2.24) is 0 Å². The lowest BCUT2D eigenvalue weighted by Crippen LogP contribution is -2.59. The van der Waals surface area contributed by atoms with Crippen LogP contribution in [0.15, 0.2) is 0 Å². The summed E-state index contributed by atoms with van der Waals surface area (Å²) < 4.78 is 57.4. The minimum absolute atomic E-state index is 0.0333. The van der Waals surface area contributed by atoms with Gasteiger partial charge in [-0.05, 0) is 160 Å². The Morgan fingerprint density at radius 2 is 0.625 bits per heavy atom. The van der Waals surface area contributed by atoms with E-state index < -0.39 is 41.2 Å². The maximum atomic E-state index is 14.8. The predicted molar refractivity (Wildman–Crippen MR) is 288 cm³/mol. The maximum absolute atomic E-state index is 14.8. The van der Waals surface area contributed by atoms with Gasteiger partial charge < -0.3 is 36.6 Å². The predicted octanol–water partition coefficient (Wildman–Crippen LogP) is 16.4. The normalized spacial score (nSPS) is 40.9. The maximum Gasteiger partial charge on any atom is 0.333 e. The summed E-state index contributed by atoms with van der Waals surface area (Å²) in [5.41, 5.74) is 0. The zero-order valence-electron chi connectivity index (χ0n) is 47.1. The fraction of sp³-hybridized carbons (Fsp3) is 0.967. The van der Waals surface area contributed by atoms with Crippen LogP contribution in [0.25, 0.3) is 0 Å². The summed E-state index contributed by atoms with van der Waals surface area (Å²) in [7, 11) is -0.616. The number of carbonyl (C=O) groups excluding carboxylic acids is 2. The molecule has 8 fully saturated rings. The molecule has 0 aliphatic heterocycles. The van der Waals surface area contributed by atoms with Crippen LogP contribution >= 0.6 is 17.2 Å². The molecule has 18 atom stereocenters. The summed E-state index contributed by atoms with van der Waals surface area (Å²) in [4.78, 5) is 29.6. The number of carbonyl (C=O) groups is 2. The first-order chi connectivity index (χ1) is 34.8. The smallest absolute Gasteiger partial charge is 0.333 e. The summed E-state index contributed by atoms with van der Waals surface area (Å²) in [6.07, 6.45) is 27.5. The molecule has 0 saturated heterocycles. The van der Waals surface area contributed by atoms with Crippen LogP contribution in [0.2, 0.25) is 0 Å². The molecule has 0 spiro atoms. The lowest BCUT2D eigenvalue weighted by Gasteiger charge is -2.58. The van der Waals surface area contributed by atoms with E-state index in [4.69, 9.17) is 36.6 Å². The minimum atomic E-state index is -1.87. The molecule has 0 aromatic heterocycles. The van der Waals surface area contributed by atoms with Gasteiger partial charge in [0, 0.05) is 0 Å². The van der Waals surface area contributed by atoms with Gasteiger partial charge in [0.15, 0.2) is 0 Å². The van der Waals surface area contributed by atoms with Gasteiger partial charge in [-0.15, -0.1) is 0 Å². The van der Waals surface area contributed by atoms with Crippen LogP contribution in [-0.2, 0) is 46.2 Å². The van der Waals surface area contributed by atoms with Crippen molar-refractivity contribution in [2.75, 3.05) is 14.2 Å². The third kappa shape index (κ3) is 13.9. The average molecular weight is 1050 g/mol. The first-order valence-corrected chi connectivity index (χ1v) is 32.7. The van der Waals surface area contributed by atoms with Crippen LogP contribution in [0, 0.1) is 94.7 Å². The Bertz CT molecular complexity index is 1480. The monoisotopic (exact) mass is 1050 g/mol. The van der Waals surface area contributed by atoms with Crippen molar-refractivity contribution in [1.29, 1.82) is 0 Å². The van der Waals surface area contributed by atoms with E-state index in [1.165, 1.54) is 25.7 Å². The van der Waals surface area contributed by atoms with Crippen molar-refractivity contribution < 1.29 is 46.2 Å². The molecule has 0 heterocycles. The zero-order valence-corrected chi connectivity index (χ0v) is 48.9. The molecule has 0 radical (unpaired) electrons. The third-order valence-electron chi connectivity index (χ3n) is 20.8. The van der Waals surface area contributed by atoms with Gasteiger partial charge in [0.05, 0.1) is 62.7 Å². The SMILES string of the molecule is COC(=O)C1CC2CCCCC2C(C2C3CCCCC3CC(C(=O)OC)C2OP(OC2CCCCC2C(C)C)OC2CCCCC2C(C)C)C1OP(OC1CCCCC1C(C)C)OC1CCCCC1C(C)C. The molecule has 8 aliphatic rings. The fourth-order valence-corrected chi connectivity index (χ4v) is 20.1. The number of hydrogen-bond acceptors (Lipinski definition) is 10. The Hall–Kier alpha value is -0.440. The van der Waals surface area contributed by atoms with Crippen molar-refractivity contribution in [2.45, 2.75) is 259 Å². The molecule has 10 nitrogen and oxygen atoms in total. The third-order valence-corrected chi connectivity index (χ3v) is 23.4. The van der Waals surface area contributed by atoms with Gasteiger partial charge in [-0.3, -0.25) is 9.59 Å². The van der Waals surface area contributed by atoms with Crippen LogP contribution in [-0.4, -0.2) is 62.8 Å². The highest BCUT2D eigenvalue weighted by Gasteiger charge is 2.61. The Balaban J connectivity index is 1.25. The van der Waals surface area contributed by atoms with Crippen molar-refractivity contribution in [3.63, 3.8) is 0 Å². The summed E-state index contributed by atoms with van der Waals surface area (Å²) in [5, 5.41) is 0. The second kappa shape index (κ2) is 27.4. The minimum Gasteiger partial charge on any atom is -0.469 e. The molecule has 8 rings (SSSR count). The van der Waals surface area contributed by atoms with Gasteiger partial charge in [-0.25, -0.2) is 0 Å². The lowest BCUT2D eigenvalue weighted by molar-refractivity contribution is -0.182. The Morgan fingerprint density at radius 3 is 0.903 bits per heavy atom. The van der Waals surface area contributed by atoms with Gasteiger partial charge in [-0.2, -0.15) is 0 Å². The van der Waals surface area contributed by atoms with Gasteiger partial charge >= 0.3 is 29.1 Å². The highest BCUT2D eigenvalue weighted by Crippen LogP contribution is 2.64. The molecule has 0 bridgehead atoms. The second-order valence-electron chi connectivity index (χ2n) is 26.2. The molecular formula is C60H104O10P2. The highest BCUT2D eigenvalue weighted by atomic mass is 31.2. The van der Waals surface area contributed by atoms with Crippen molar-refractivity contribution >= 4 is 29.1 Å². The zero-order chi connectivity index (χ0) is 51.1. The summed E-state index contributed by atoms with van der Waals surface area (Å²) in [6.45, 7) is 18.8. The number of rotatable bonds is 19. The number of esters is 2. The standard InChI is InChI=1S/C60H104O10P2/c1-37(2)43-25-15-19-31-51(43)65-71(66-52-32-20-16-26-44(52)38(3)4)69-57-49(59(61)63-9)35-41-23-11-13-29-47(41)55(57)56-48-30-14-12-24-42(48)36-50(60(62)64-10)58(56)70-72(67-53-33-21-17-27-45(53)39(5)6)68-54-34-22-18-28-46(54)40(7)8/h37-58H,11-36H2,1-10H3. The van der Waals surface area contributed by atoms with Gasteiger partial charge in [0.25, 0.3) is 0 Å². The molecule has 0 amide bonds. The summed E-state index contributed by atoms with van der Waals surface area (Å²) in [6, 6.07) is 0. The van der Waals surface area contributed by atoms with Crippen LogP contribution in [0.1, 0.15) is 222 Å².